The highest BCUT2D eigenvalue weighted by Gasteiger charge is 2.45. The van der Waals surface area contributed by atoms with Crippen LogP contribution in [0.4, 0.5) is 0 Å². The van der Waals surface area contributed by atoms with Gasteiger partial charge in [0.1, 0.15) is 16.8 Å². The van der Waals surface area contributed by atoms with Crippen molar-refractivity contribution in [1.29, 1.82) is 0 Å². The molecule has 0 N–H and O–H groups in total. The number of hydrogen-bond acceptors (Lipinski definition) is 9. The minimum atomic E-state index is -0.699. The Hall–Kier alpha value is -2.49. The average Bonchev–Trinajstić information content (AvgIpc) is 2.94. The van der Waals surface area contributed by atoms with Crippen LogP contribution < -0.4 is 0 Å². The second-order valence-corrected chi connectivity index (χ2v) is 16.7. The van der Waals surface area contributed by atoms with Crippen molar-refractivity contribution in [2.75, 3.05) is 19.8 Å². The van der Waals surface area contributed by atoms with E-state index in [1.54, 1.807) is 0 Å². The van der Waals surface area contributed by atoms with E-state index in [1.165, 1.54) is 18.2 Å². The van der Waals surface area contributed by atoms with Gasteiger partial charge in [0.05, 0.1) is 36.6 Å². The van der Waals surface area contributed by atoms with Crippen molar-refractivity contribution in [3.63, 3.8) is 0 Å². The third-order valence-corrected chi connectivity index (χ3v) is 9.03. The van der Waals surface area contributed by atoms with E-state index in [4.69, 9.17) is 28.4 Å². The summed E-state index contributed by atoms with van der Waals surface area (Å²) in [6.45, 7) is 37.8. The maximum absolute atomic E-state index is 11.9. The number of esters is 3. The predicted molar refractivity (Wildman–Crippen MR) is 196 cm³/mol. The predicted octanol–water partition coefficient (Wildman–Crippen LogP) is 9.02. The summed E-state index contributed by atoms with van der Waals surface area (Å²) in [4.78, 5) is 35.5. The van der Waals surface area contributed by atoms with Gasteiger partial charge in [-0.15, -0.1) is 0 Å². The Kier molecular flexibility index (Phi) is 18.2. The van der Waals surface area contributed by atoms with Crippen molar-refractivity contribution in [2.45, 2.75) is 175 Å². The lowest BCUT2D eigenvalue weighted by Crippen LogP contribution is -2.46. The Morgan fingerprint density at radius 1 is 0.469 bits per heavy atom. The first kappa shape index (κ1) is 46.5. The molecule has 0 aliphatic carbocycles. The van der Waals surface area contributed by atoms with Crippen LogP contribution in [0, 0.1) is 5.41 Å². The summed E-state index contributed by atoms with van der Waals surface area (Å²) < 4.78 is 36.3. The Labute approximate surface area is 298 Å². The summed E-state index contributed by atoms with van der Waals surface area (Å²) in [6.07, 6.45) is 8.90. The zero-order chi connectivity index (χ0) is 38.4. The Balaban J connectivity index is 6.18. The highest BCUT2D eigenvalue weighted by molar-refractivity contribution is 5.82. The maximum Gasteiger partial charge on any atom is 0.330 e. The molecule has 284 valence electrons. The molecule has 0 spiro atoms. The fourth-order valence-electron chi connectivity index (χ4n) is 6.33. The molecule has 0 aromatic heterocycles. The van der Waals surface area contributed by atoms with Crippen molar-refractivity contribution in [2.24, 2.45) is 5.41 Å². The van der Waals surface area contributed by atoms with Gasteiger partial charge in [-0.2, -0.15) is 0 Å². The van der Waals surface area contributed by atoms with Crippen LogP contribution in [0.15, 0.2) is 38.0 Å². The summed E-state index contributed by atoms with van der Waals surface area (Å²) >= 11 is 0. The molecule has 9 nitrogen and oxygen atoms in total. The van der Waals surface area contributed by atoms with E-state index in [0.29, 0.717) is 39.1 Å². The average molecular weight is 695 g/mol. The van der Waals surface area contributed by atoms with Crippen molar-refractivity contribution >= 4 is 17.9 Å². The fraction of sp³-hybridized carbons (Fsp3) is 0.775. The quantitative estimate of drug-likeness (QED) is 0.0498. The van der Waals surface area contributed by atoms with E-state index in [2.05, 4.69) is 68.2 Å². The SMILES string of the molecule is C=CC(=O)OC(C)(C)CCOC(C)(C)CC(CC)(CC(C)(C)OCCC(C)(C)OC(=O)C=C)CC(C)(CC)OCCC(C)(C)OC(=O)C=C. The summed E-state index contributed by atoms with van der Waals surface area (Å²) in [5.74, 6) is -1.37. The fourth-order valence-corrected chi connectivity index (χ4v) is 6.33. The molecule has 1 unspecified atom stereocenters. The highest BCUT2D eigenvalue weighted by atomic mass is 16.6. The van der Waals surface area contributed by atoms with Gasteiger partial charge in [0.15, 0.2) is 0 Å². The Morgan fingerprint density at radius 2 is 0.776 bits per heavy atom. The molecule has 1 atom stereocenters. The monoisotopic (exact) mass is 695 g/mol. The lowest BCUT2D eigenvalue weighted by atomic mass is 9.64. The minimum absolute atomic E-state index is 0.266. The molecule has 0 bridgehead atoms. The molecule has 0 aliphatic rings. The van der Waals surface area contributed by atoms with Gasteiger partial charge in [-0.1, -0.05) is 40.0 Å². The first-order valence-electron chi connectivity index (χ1n) is 17.7. The van der Waals surface area contributed by atoms with Crippen molar-refractivity contribution in [1.82, 2.24) is 0 Å². The standard InChI is InChI=1S/C40H70O9/c1-17-31(41)47-34(6,7)22-25-44-37(12,13)28-40(21-5,29-38(14,15)45-26-23-35(8,9)48-32(42)18-2)30-39(16,20-4)46-27-24-36(10,11)49-33(43)19-3/h17-19H,1-3,20-30H2,4-16H3. The molecule has 0 radical (unpaired) electrons. The van der Waals surface area contributed by atoms with Crippen LogP contribution in [-0.4, -0.2) is 71.3 Å². The van der Waals surface area contributed by atoms with E-state index in [0.717, 1.165) is 32.1 Å². The zero-order valence-corrected chi connectivity index (χ0v) is 33.3. The summed E-state index contributed by atoms with van der Waals surface area (Å²) in [5.41, 5.74) is -3.90. The van der Waals surface area contributed by atoms with Crippen LogP contribution >= 0.6 is 0 Å². The molecule has 0 aliphatic heterocycles. The van der Waals surface area contributed by atoms with Crippen molar-refractivity contribution in [3.05, 3.63) is 38.0 Å². The molecule has 9 heteroatoms. The van der Waals surface area contributed by atoms with E-state index >= 15 is 0 Å². The smallest absolute Gasteiger partial charge is 0.330 e. The number of carbonyl (C=O) groups excluding carboxylic acids is 3. The van der Waals surface area contributed by atoms with Crippen LogP contribution in [0.2, 0.25) is 0 Å². The molecule has 0 saturated carbocycles. The summed E-state index contributed by atoms with van der Waals surface area (Å²) in [5, 5.41) is 0. The summed E-state index contributed by atoms with van der Waals surface area (Å²) in [6, 6.07) is 0. The van der Waals surface area contributed by atoms with Gasteiger partial charge in [-0.25, -0.2) is 14.4 Å². The molecule has 0 heterocycles. The number of carbonyl (C=O) groups is 3. The van der Waals surface area contributed by atoms with Crippen LogP contribution in [0.1, 0.15) is 141 Å². The molecule has 0 rings (SSSR count). The van der Waals surface area contributed by atoms with Gasteiger partial charge < -0.3 is 28.4 Å². The topological polar surface area (TPSA) is 107 Å². The van der Waals surface area contributed by atoms with Crippen molar-refractivity contribution in [3.8, 4) is 0 Å². The van der Waals surface area contributed by atoms with Crippen molar-refractivity contribution < 1.29 is 42.8 Å². The maximum atomic E-state index is 11.9. The van der Waals surface area contributed by atoms with Crippen LogP contribution in [0.3, 0.4) is 0 Å². The van der Waals surface area contributed by atoms with Crippen LogP contribution in [-0.2, 0) is 42.8 Å². The van der Waals surface area contributed by atoms with Gasteiger partial charge in [0.25, 0.3) is 0 Å². The third-order valence-electron chi connectivity index (χ3n) is 9.03. The highest BCUT2D eigenvalue weighted by Crippen LogP contribution is 2.48. The van der Waals surface area contributed by atoms with E-state index < -0.39 is 51.5 Å². The first-order valence-corrected chi connectivity index (χ1v) is 17.7. The van der Waals surface area contributed by atoms with Gasteiger partial charge >= 0.3 is 17.9 Å². The van der Waals surface area contributed by atoms with E-state index in [9.17, 15) is 14.4 Å². The number of ether oxygens (including phenoxy) is 6. The molecule has 0 amide bonds. The Bertz CT molecular complexity index is 1050. The van der Waals surface area contributed by atoms with Gasteiger partial charge in [-0.3, -0.25) is 0 Å². The van der Waals surface area contributed by atoms with E-state index in [1.807, 2.05) is 41.5 Å². The minimum Gasteiger partial charge on any atom is -0.456 e. The van der Waals surface area contributed by atoms with Gasteiger partial charge in [0.2, 0.25) is 0 Å². The van der Waals surface area contributed by atoms with Crippen LogP contribution in [0.5, 0.6) is 0 Å². The molecule has 0 saturated heterocycles. The van der Waals surface area contributed by atoms with Gasteiger partial charge in [-0.05, 0) is 107 Å². The first-order chi connectivity index (χ1) is 22.2. The third kappa shape index (κ3) is 19.5. The second-order valence-electron chi connectivity index (χ2n) is 16.7. The lowest BCUT2D eigenvalue weighted by Gasteiger charge is -2.48. The van der Waals surface area contributed by atoms with Crippen LogP contribution in [0.25, 0.3) is 0 Å². The molecule has 0 fully saturated rings. The molecular weight excluding hydrogens is 624 g/mol. The van der Waals surface area contributed by atoms with E-state index in [-0.39, 0.29) is 5.41 Å². The largest absolute Gasteiger partial charge is 0.456 e. The number of hydrogen-bond donors (Lipinski definition) is 0. The Morgan fingerprint density at radius 3 is 1.04 bits per heavy atom. The second kappa shape index (κ2) is 19.2. The number of rotatable bonds is 26. The molecule has 0 aromatic carbocycles. The molecule has 49 heavy (non-hydrogen) atoms. The summed E-state index contributed by atoms with van der Waals surface area (Å²) in [7, 11) is 0. The lowest BCUT2D eigenvalue weighted by molar-refractivity contribution is -0.155. The normalized spacial score (nSPS) is 14.4. The zero-order valence-electron chi connectivity index (χ0n) is 33.3. The van der Waals surface area contributed by atoms with Gasteiger partial charge in [0, 0.05) is 37.5 Å². The molecule has 0 aromatic rings. The molecular formula is C40H70O9.